The van der Waals surface area contributed by atoms with Crippen molar-refractivity contribution in [3.8, 4) is 0 Å². The van der Waals surface area contributed by atoms with Gasteiger partial charge in [0.2, 0.25) is 0 Å². The molecule has 0 aliphatic carbocycles. The molecule has 2 N–H and O–H groups in total. The summed E-state index contributed by atoms with van der Waals surface area (Å²) in [5, 5.41) is 10.4. The van der Waals surface area contributed by atoms with Crippen molar-refractivity contribution in [2.24, 2.45) is 0 Å². The molecule has 0 aliphatic rings. The SMILES string of the molecule is CCCC/C=C/C/C=C/CCCCCCCC(=O)O[C@H](COC(O)CCCCCCCCCCCCCCC)COP(=O)(O)OCC[N+](C)(C)C. The van der Waals surface area contributed by atoms with E-state index in [2.05, 4.69) is 38.2 Å². The molecule has 0 aromatic rings. The van der Waals surface area contributed by atoms with E-state index in [1.54, 1.807) is 0 Å². The van der Waals surface area contributed by atoms with Gasteiger partial charge in [-0.2, -0.15) is 0 Å². The molecule has 0 saturated heterocycles. The maximum absolute atomic E-state index is 12.7. The smallest absolute Gasteiger partial charge is 0.457 e. The van der Waals surface area contributed by atoms with Gasteiger partial charge in [-0.1, -0.05) is 147 Å². The summed E-state index contributed by atoms with van der Waals surface area (Å²) in [5.74, 6) is -0.410. The Kier molecular flexibility index (Phi) is 34.0. The van der Waals surface area contributed by atoms with Crippen molar-refractivity contribution in [2.45, 2.75) is 187 Å². The lowest BCUT2D eigenvalue weighted by Gasteiger charge is -2.24. The van der Waals surface area contributed by atoms with Crippen LogP contribution in [0.1, 0.15) is 174 Å². The molecule has 0 radical (unpaired) electrons. The quantitative estimate of drug-likeness (QED) is 0.0160. The number of hydrogen-bond acceptors (Lipinski definition) is 7. The Bertz CT molecular complexity index is 891. The van der Waals surface area contributed by atoms with E-state index in [9.17, 15) is 19.4 Å². The van der Waals surface area contributed by atoms with Crippen LogP contribution in [-0.2, 0) is 27.9 Å². The van der Waals surface area contributed by atoms with Gasteiger partial charge in [-0.05, 0) is 44.9 Å². The van der Waals surface area contributed by atoms with Gasteiger partial charge < -0.3 is 24.0 Å². The predicted octanol–water partition coefficient (Wildman–Crippen LogP) is 11.0. The topological polar surface area (TPSA) is 112 Å². The lowest BCUT2D eigenvalue weighted by Crippen LogP contribution is -2.37. The summed E-state index contributed by atoms with van der Waals surface area (Å²) < 4.78 is 34.5. The summed E-state index contributed by atoms with van der Waals surface area (Å²) in [4.78, 5) is 22.8. The minimum absolute atomic E-state index is 0.0445. The standard InChI is InChI=1S/C41H80NO8P/c1-6-8-10-12-14-16-18-20-22-24-26-28-30-32-34-41(44)50-39(38-49-51(45,46)48-36-35-42(3,4)5)37-47-40(43)33-31-29-27-25-23-21-19-17-15-13-11-9-7-2/h12,14,18,20,39-40,43H,6-11,13,15-17,19,21-38H2,1-5H3/p+1/b14-12+,20-18+/t39-,40?/m1/s1. The van der Waals surface area contributed by atoms with Crippen LogP contribution < -0.4 is 0 Å². The molecule has 0 saturated carbocycles. The molecule has 0 heterocycles. The fraction of sp³-hybridized carbons (Fsp3) is 0.878. The highest BCUT2D eigenvalue weighted by atomic mass is 31.2. The van der Waals surface area contributed by atoms with E-state index >= 15 is 0 Å². The Morgan fingerprint density at radius 2 is 1.18 bits per heavy atom. The van der Waals surface area contributed by atoms with Gasteiger partial charge in [0.25, 0.3) is 0 Å². The summed E-state index contributed by atoms with van der Waals surface area (Å²) in [6.07, 6.45) is 34.7. The Balaban J connectivity index is 4.41. The van der Waals surface area contributed by atoms with Crippen molar-refractivity contribution in [3.05, 3.63) is 24.3 Å². The number of rotatable bonds is 38. The van der Waals surface area contributed by atoms with Crippen molar-refractivity contribution in [2.75, 3.05) is 47.5 Å². The Morgan fingerprint density at radius 1 is 0.667 bits per heavy atom. The minimum atomic E-state index is -4.35. The van der Waals surface area contributed by atoms with Gasteiger partial charge in [0.15, 0.2) is 6.29 Å². The third kappa shape index (κ3) is 38.5. The maximum atomic E-state index is 12.7. The van der Waals surface area contributed by atoms with E-state index in [4.69, 9.17) is 18.5 Å². The molecule has 9 nitrogen and oxygen atoms in total. The van der Waals surface area contributed by atoms with E-state index in [1.807, 2.05) is 21.1 Å². The fourth-order valence-corrected chi connectivity index (χ4v) is 6.28. The number of likely N-dealkylation sites (N-methyl/N-ethyl adjacent to an activating group) is 1. The van der Waals surface area contributed by atoms with Crippen LogP contribution in [-0.4, -0.2) is 80.4 Å². The summed E-state index contributed by atoms with van der Waals surface area (Å²) in [6.45, 7) is 4.53. The van der Waals surface area contributed by atoms with Gasteiger partial charge in [-0.3, -0.25) is 13.8 Å². The Morgan fingerprint density at radius 3 is 1.75 bits per heavy atom. The van der Waals surface area contributed by atoms with Crippen LogP contribution in [0.3, 0.4) is 0 Å². The zero-order chi connectivity index (χ0) is 37.9. The monoisotopic (exact) mass is 747 g/mol. The number of carbonyl (C=O) groups excluding carboxylic acids is 1. The highest BCUT2D eigenvalue weighted by molar-refractivity contribution is 7.47. The summed E-state index contributed by atoms with van der Waals surface area (Å²) in [5.41, 5.74) is 0. The van der Waals surface area contributed by atoms with Crippen LogP contribution in [0.15, 0.2) is 24.3 Å². The fourth-order valence-electron chi connectivity index (χ4n) is 5.53. The zero-order valence-electron chi connectivity index (χ0n) is 33.7. The van der Waals surface area contributed by atoms with E-state index in [0.717, 1.165) is 57.8 Å². The molecular weight excluding hydrogens is 665 g/mol. The molecule has 0 aliphatic heterocycles. The first kappa shape index (κ1) is 49.9. The zero-order valence-corrected chi connectivity index (χ0v) is 34.6. The van der Waals surface area contributed by atoms with Gasteiger partial charge in [-0.25, -0.2) is 4.57 Å². The number of hydrogen-bond donors (Lipinski definition) is 2. The van der Waals surface area contributed by atoms with E-state index in [-0.39, 0.29) is 26.2 Å². The number of allylic oxidation sites excluding steroid dienone is 4. The van der Waals surface area contributed by atoms with Gasteiger partial charge in [0.05, 0.1) is 34.4 Å². The third-order valence-electron chi connectivity index (χ3n) is 8.85. The predicted molar refractivity (Wildman–Crippen MR) is 212 cm³/mol. The molecule has 0 amide bonds. The number of phosphoric acid groups is 1. The lowest BCUT2D eigenvalue weighted by atomic mass is 10.0. The molecule has 0 spiro atoms. The number of quaternary nitrogens is 1. The van der Waals surface area contributed by atoms with Crippen LogP contribution in [0.25, 0.3) is 0 Å². The molecule has 3 atom stereocenters. The molecule has 2 unspecified atom stereocenters. The Labute approximate surface area is 314 Å². The van der Waals surface area contributed by atoms with Gasteiger partial charge >= 0.3 is 13.8 Å². The number of unbranched alkanes of at least 4 members (excludes halogenated alkanes) is 19. The van der Waals surface area contributed by atoms with E-state index in [0.29, 0.717) is 23.9 Å². The first-order valence-electron chi connectivity index (χ1n) is 20.7. The normalized spacial score (nSPS) is 14.7. The molecular formula is C41H81NO8P+. The van der Waals surface area contributed by atoms with E-state index in [1.165, 1.54) is 83.5 Å². The number of nitrogens with zero attached hydrogens (tertiary/aromatic N) is 1. The van der Waals surface area contributed by atoms with Crippen LogP contribution in [0.5, 0.6) is 0 Å². The van der Waals surface area contributed by atoms with Crippen LogP contribution in [0, 0.1) is 0 Å². The number of aliphatic hydroxyl groups is 1. The van der Waals surface area contributed by atoms with Crippen LogP contribution >= 0.6 is 7.82 Å². The first-order valence-corrected chi connectivity index (χ1v) is 22.2. The molecule has 10 heteroatoms. The summed E-state index contributed by atoms with van der Waals surface area (Å²) in [7, 11) is 1.52. The highest BCUT2D eigenvalue weighted by Gasteiger charge is 2.26. The van der Waals surface area contributed by atoms with Gasteiger partial charge in [0.1, 0.15) is 19.3 Å². The largest absolute Gasteiger partial charge is 0.472 e. The minimum Gasteiger partial charge on any atom is -0.457 e. The second kappa shape index (κ2) is 34.7. The van der Waals surface area contributed by atoms with Gasteiger partial charge in [-0.15, -0.1) is 0 Å². The van der Waals surface area contributed by atoms with Crippen molar-refractivity contribution < 1.29 is 42.4 Å². The second-order valence-electron chi connectivity index (χ2n) is 15.2. The van der Waals surface area contributed by atoms with Crippen molar-refractivity contribution in [3.63, 3.8) is 0 Å². The Hall–Kier alpha value is -1.06. The van der Waals surface area contributed by atoms with Crippen LogP contribution in [0.4, 0.5) is 0 Å². The molecule has 0 aromatic carbocycles. The van der Waals surface area contributed by atoms with Crippen molar-refractivity contribution in [1.29, 1.82) is 0 Å². The van der Waals surface area contributed by atoms with Crippen molar-refractivity contribution in [1.82, 2.24) is 0 Å². The highest BCUT2D eigenvalue weighted by Crippen LogP contribution is 2.43. The number of esters is 1. The molecule has 0 aromatic heterocycles. The number of phosphoric ester groups is 1. The molecule has 302 valence electrons. The van der Waals surface area contributed by atoms with Crippen molar-refractivity contribution >= 4 is 13.8 Å². The number of ether oxygens (including phenoxy) is 2. The lowest BCUT2D eigenvalue weighted by molar-refractivity contribution is -0.870. The molecule has 51 heavy (non-hydrogen) atoms. The molecule has 0 fully saturated rings. The average Bonchev–Trinajstić information content (AvgIpc) is 3.07. The first-order chi connectivity index (χ1) is 24.5. The van der Waals surface area contributed by atoms with Gasteiger partial charge in [0, 0.05) is 6.42 Å². The number of carbonyl (C=O) groups is 1. The maximum Gasteiger partial charge on any atom is 0.472 e. The molecule has 0 rings (SSSR count). The summed E-state index contributed by atoms with van der Waals surface area (Å²) >= 11 is 0. The second-order valence-corrected chi connectivity index (χ2v) is 16.6. The summed E-state index contributed by atoms with van der Waals surface area (Å²) in [6, 6.07) is 0. The van der Waals surface area contributed by atoms with E-state index < -0.39 is 26.2 Å². The number of aliphatic hydroxyl groups excluding tert-OH is 1. The third-order valence-corrected chi connectivity index (χ3v) is 9.83. The van der Waals surface area contributed by atoms with Crippen LogP contribution in [0.2, 0.25) is 0 Å². The average molecular weight is 747 g/mol. The molecule has 0 bridgehead atoms.